The van der Waals surface area contributed by atoms with Crippen LogP contribution in [0.1, 0.15) is 31.5 Å². The molecule has 34 heavy (non-hydrogen) atoms. The Kier molecular flexibility index (Phi) is 4.61. The number of hydrogen-bond acceptors (Lipinski definition) is 5. The number of fused-ring (bicyclic) bond motifs is 3. The number of benzene rings is 1. The normalized spacial score (nSPS) is 24.6. The maximum Gasteiger partial charge on any atom is 0.249 e. The van der Waals surface area contributed by atoms with Gasteiger partial charge in [-0.3, -0.25) is 14.7 Å². The molecule has 3 aliphatic rings. The molecule has 3 atom stereocenters. The lowest BCUT2D eigenvalue weighted by Crippen LogP contribution is -2.53. The number of carbonyl (C=O) groups excluding carboxylic acids is 2. The van der Waals surface area contributed by atoms with Crippen LogP contribution in [0, 0.1) is 17.2 Å². The maximum atomic E-state index is 15.1. The highest BCUT2D eigenvalue weighted by molar-refractivity contribution is 6.00. The molecule has 2 aliphatic carbocycles. The largest absolute Gasteiger partial charge is 0.370 e. The van der Waals surface area contributed by atoms with E-state index >= 15 is 4.39 Å². The number of amides is 2. The van der Waals surface area contributed by atoms with Crippen molar-refractivity contribution in [3.8, 4) is 11.5 Å². The maximum absolute atomic E-state index is 15.1. The number of aromatic amines is 2. The van der Waals surface area contributed by atoms with Crippen LogP contribution in [0.25, 0.3) is 22.6 Å². The van der Waals surface area contributed by atoms with E-state index < -0.39 is 11.9 Å². The van der Waals surface area contributed by atoms with Crippen LogP contribution >= 0.6 is 0 Å². The average Bonchev–Trinajstić information content (AvgIpc) is 3.11. The number of anilines is 1. The number of hydrogen-bond donors (Lipinski definition) is 2. The lowest BCUT2D eigenvalue weighted by molar-refractivity contribution is -0.149. The average molecular weight is 467 g/mol. The highest BCUT2D eigenvalue weighted by atomic mass is 19.1. The first-order valence-corrected chi connectivity index (χ1v) is 11.7. The van der Waals surface area contributed by atoms with E-state index in [0.717, 1.165) is 29.8 Å². The van der Waals surface area contributed by atoms with Crippen molar-refractivity contribution >= 4 is 28.5 Å². The minimum Gasteiger partial charge on any atom is -0.370 e. The van der Waals surface area contributed by atoms with Gasteiger partial charge in [-0.2, -0.15) is 5.10 Å². The highest BCUT2D eigenvalue weighted by Crippen LogP contribution is 2.59. The fourth-order valence-electron chi connectivity index (χ4n) is 5.50. The second-order valence-electron chi connectivity index (χ2n) is 10.1. The lowest BCUT2D eigenvalue weighted by atomic mass is 9.88. The Morgan fingerprint density at radius 1 is 1.41 bits per heavy atom. The number of imidazole rings is 1. The summed E-state index contributed by atoms with van der Waals surface area (Å²) < 4.78 is 20.2. The first-order chi connectivity index (χ1) is 16.2. The van der Waals surface area contributed by atoms with E-state index in [2.05, 4.69) is 27.1 Å². The molecular formula is C24H27FN6O3. The summed E-state index contributed by atoms with van der Waals surface area (Å²) in [5.41, 5.74) is 4.51. The molecule has 2 aromatic heterocycles. The molecule has 2 N–H and O–H groups in total. The molecule has 0 spiro atoms. The van der Waals surface area contributed by atoms with Crippen molar-refractivity contribution in [2.24, 2.45) is 11.3 Å². The molecule has 6 rings (SSSR count). The van der Waals surface area contributed by atoms with Crippen LogP contribution in [0.4, 0.5) is 10.1 Å². The van der Waals surface area contributed by atoms with E-state index in [0.29, 0.717) is 41.5 Å². The van der Waals surface area contributed by atoms with E-state index in [1.807, 2.05) is 0 Å². The van der Waals surface area contributed by atoms with E-state index in [4.69, 9.17) is 4.74 Å². The Labute approximate surface area is 195 Å². The minimum absolute atomic E-state index is 0.0320. The van der Waals surface area contributed by atoms with Gasteiger partial charge in [0.2, 0.25) is 11.8 Å². The summed E-state index contributed by atoms with van der Waals surface area (Å²) in [4.78, 5) is 35.8. The van der Waals surface area contributed by atoms with Gasteiger partial charge in [0.25, 0.3) is 0 Å². The molecule has 1 saturated heterocycles. The van der Waals surface area contributed by atoms with Crippen molar-refractivity contribution in [2.45, 2.75) is 39.2 Å². The Morgan fingerprint density at radius 3 is 3.03 bits per heavy atom. The SMILES string of the molecule is C[C@@H](C(=O)N(C)c1cc(F)c2nc(-c3n[nH]c4c3C[C@@H]3C[C@]3(C)C4)[nH]c2c1)N1CCOCC1=O. The van der Waals surface area contributed by atoms with Crippen LogP contribution < -0.4 is 4.90 Å². The van der Waals surface area contributed by atoms with Crippen molar-refractivity contribution in [3.63, 3.8) is 0 Å². The molecule has 0 unspecified atom stereocenters. The van der Waals surface area contributed by atoms with Crippen molar-refractivity contribution in [2.75, 3.05) is 31.7 Å². The summed E-state index contributed by atoms with van der Waals surface area (Å²) in [6, 6.07) is 2.33. The summed E-state index contributed by atoms with van der Waals surface area (Å²) in [7, 11) is 1.58. The monoisotopic (exact) mass is 466 g/mol. The van der Waals surface area contributed by atoms with Crippen molar-refractivity contribution in [3.05, 3.63) is 29.2 Å². The Hall–Kier alpha value is -3.27. The molecule has 2 amide bonds. The minimum atomic E-state index is -0.679. The molecule has 0 bridgehead atoms. The van der Waals surface area contributed by atoms with Gasteiger partial charge in [-0.05, 0) is 49.7 Å². The summed E-state index contributed by atoms with van der Waals surface area (Å²) in [5.74, 6) is 0.138. The molecule has 3 aromatic rings. The molecule has 10 heteroatoms. The Bertz CT molecular complexity index is 1330. The fourth-order valence-corrected chi connectivity index (χ4v) is 5.50. The van der Waals surface area contributed by atoms with E-state index in [1.165, 1.54) is 22.3 Å². The van der Waals surface area contributed by atoms with E-state index in [9.17, 15) is 9.59 Å². The number of nitrogens with zero attached hydrogens (tertiary/aromatic N) is 4. The number of rotatable bonds is 4. The molecule has 1 aliphatic heterocycles. The standard InChI is InChI=1S/C24H27FN6O3/c1-12(31-4-5-34-11-19(31)32)23(33)30(3)14-7-16(25)21-17(8-14)26-22(27-21)20-15-6-13-9-24(13,2)10-18(15)28-29-20/h7-8,12-13H,4-6,9-11H2,1-3H3,(H,26,27)(H,28,29)/t12-,13+,24+/m0/s1. The van der Waals surface area contributed by atoms with Gasteiger partial charge in [0, 0.05) is 30.5 Å². The second kappa shape index (κ2) is 7.36. The van der Waals surface area contributed by atoms with Gasteiger partial charge in [0.05, 0.1) is 12.1 Å². The van der Waals surface area contributed by atoms with Crippen LogP contribution in [0.15, 0.2) is 12.1 Å². The van der Waals surface area contributed by atoms with Crippen LogP contribution in [-0.4, -0.2) is 69.7 Å². The molecule has 0 radical (unpaired) electrons. The first kappa shape index (κ1) is 21.3. The molecule has 1 saturated carbocycles. The predicted octanol–water partition coefficient (Wildman–Crippen LogP) is 2.43. The highest BCUT2D eigenvalue weighted by Gasteiger charge is 2.53. The number of carbonyl (C=O) groups is 2. The third-order valence-corrected chi connectivity index (χ3v) is 7.84. The van der Waals surface area contributed by atoms with Gasteiger partial charge in [0.1, 0.15) is 23.9 Å². The summed E-state index contributed by atoms with van der Waals surface area (Å²) in [6.07, 6.45) is 3.16. The van der Waals surface area contributed by atoms with Gasteiger partial charge in [-0.25, -0.2) is 9.37 Å². The molecule has 9 nitrogen and oxygen atoms in total. The number of halogens is 1. The number of ether oxygens (including phenoxy) is 1. The van der Waals surface area contributed by atoms with Gasteiger partial charge in [-0.15, -0.1) is 0 Å². The second-order valence-corrected chi connectivity index (χ2v) is 10.1. The summed E-state index contributed by atoms with van der Waals surface area (Å²) in [6.45, 7) is 4.70. The predicted molar refractivity (Wildman–Crippen MR) is 123 cm³/mol. The van der Waals surface area contributed by atoms with Gasteiger partial charge in [-0.1, -0.05) is 6.92 Å². The van der Waals surface area contributed by atoms with Crippen LogP contribution in [0.3, 0.4) is 0 Å². The number of nitrogens with one attached hydrogen (secondary N) is 2. The molecule has 3 heterocycles. The fraction of sp³-hybridized carbons (Fsp3) is 0.500. The molecular weight excluding hydrogens is 439 g/mol. The summed E-state index contributed by atoms with van der Waals surface area (Å²) in [5, 5.41) is 7.65. The van der Waals surface area contributed by atoms with Crippen LogP contribution in [-0.2, 0) is 27.2 Å². The van der Waals surface area contributed by atoms with Crippen LogP contribution in [0.2, 0.25) is 0 Å². The van der Waals surface area contributed by atoms with E-state index in [-0.39, 0.29) is 23.9 Å². The van der Waals surface area contributed by atoms with Crippen molar-refractivity contribution in [1.29, 1.82) is 0 Å². The smallest absolute Gasteiger partial charge is 0.249 e. The van der Waals surface area contributed by atoms with Crippen molar-refractivity contribution in [1.82, 2.24) is 25.1 Å². The molecule has 1 aromatic carbocycles. The number of morpholine rings is 1. The quantitative estimate of drug-likeness (QED) is 0.614. The lowest BCUT2D eigenvalue weighted by Gasteiger charge is -2.33. The molecule has 2 fully saturated rings. The number of H-pyrrole nitrogens is 2. The number of likely N-dealkylation sites (N-methyl/N-ethyl adjacent to an activating group) is 1. The topological polar surface area (TPSA) is 107 Å². The zero-order valence-electron chi connectivity index (χ0n) is 19.4. The van der Waals surface area contributed by atoms with Crippen molar-refractivity contribution < 1.29 is 18.7 Å². The Balaban J connectivity index is 1.29. The third-order valence-electron chi connectivity index (χ3n) is 7.84. The van der Waals surface area contributed by atoms with Gasteiger partial charge < -0.3 is 19.5 Å². The van der Waals surface area contributed by atoms with Gasteiger partial charge in [0.15, 0.2) is 11.6 Å². The van der Waals surface area contributed by atoms with Gasteiger partial charge >= 0.3 is 0 Å². The zero-order valence-corrected chi connectivity index (χ0v) is 19.4. The third kappa shape index (κ3) is 3.23. The van der Waals surface area contributed by atoms with Crippen LogP contribution in [0.5, 0.6) is 0 Å². The van der Waals surface area contributed by atoms with E-state index in [1.54, 1.807) is 20.0 Å². The zero-order chi connectivity index (χ0) is 23.8. The first-order valence-electron chi connectivity index (χ1n) is 11.7. The number of aromatic nitrogens is 4. The Morgan fingerprint density at radius 2 is 2.24 bits per heavy atom. The summed E-state index contributed by atoms with van der Waals surface area (Å²) >= 11 is 0. The molecule has 178 valence electrons.